The fourth-order valence-electron chi connectivity index (χ4n) is 2.50. The van der Waals surface area contributed by atoms with Crippen LogP contribution in [0, 0.1) is 6.92 Å². The number of nitrogens with one attached hydrogen (secondary N) is 3. The Hall–Kier alpha value is -1.52. The summed E-state index contributed by atoms with van der Waals surface area (Å²) in [6.07, 6.45) is 4.38. The van der Waals surface area contributed by atoms with E-state index in [1.165, 1.54) is 22.0 Å². The molecule has 1 aromatic carbocycles. The molecular formula is C16H24ClN3O. The first-order chi connectivity index (χ1) is 9.72. The fourth-order valence-corrected chi connectivity index (χ4v) is 2.50. The summed E-state index contributed by atoms with van der Waals surface area (Å²) >= 11 is 0. The number of halogens is 1. The number of benzene rings is 1. The Kier molecular flexibility index (Phi) is 7.26. The van der Waals surface area contributed by atoms with Crippen LogP contribution in [0.5, 0.6) is 0 Å². The zero-order chi connectivity index (χ0) is 14.4. The van der Waals surface area contributed by atoms with Gasteiger partial charge >= 0.3 is 0 Å². The molecule has 0 bridgehead atoms. The summed E-state index contributed by atoms with van der Waals surface area (Å²) in [4.78, 5) is 14.9. The lowest BCUT2D eigenvalue weighted by atomic mass is 10.1. The maximum atomic E-state index is 11.6. The number of fused-ring (bicyclic) bond motifs is 1. The quantitative estimate of drug-likeness (QED) is 0.689. The van der Waals surface area contributed by atoms with Crippen molar-refractivity contribution in [3.8, 4) is 0 Å². The summed E-state index contributed by atoms with van der Waals surface area (Å²) in [5.74, 6) is 0.136. The van der Waals surface area contributed by atoms with Crippen LogP contribution in [0.25, 0.3) is 10.9 Å². The van der Waals surface area contributed by atoms with Crippen molar-refractivity contribution in [2.24, 2.45) is 0 Å². The van der Waals surface area contributed by atoms with Gasteiger partial charge in [-0.25, -0.2) is 0 Å². The molecule has 1 aromatic heterocycles. The molecule has 1 amide bonds. The third-order valence-electron chi connectivity index (χ3n) is 3.54. The summed E-state index contributed by atoms with van der Waals surface area (Å²) < 4.78 is 0. The van der Waals surface area contributed by atoms with E-state index in [-0.39, 0.29) is 18.3 Å². The Bertz CT molecular complexity index is 580. The molecule has 0 aliphatic rings. The molecule has 0 spiro atoms. The second-order valence-corrected chi connectivity index (χ2v) is 5.12. The number of hydrogen-bond acceptors (Lipinski definition) is 2. The molecule has 21 heavy (non-hydrogen) atoms. The minimum atomic E-state index is 0. The van der Waals surface area contributed by atoms with Crippen LogP contribution in [0.2, 0.25) is 0 Å². The molecule has 116 valence electrons. The van der Waals surface area contributed by atoms with Crippen LogP contribution in [0.15, 0.2) is 24.4 Å². The normalized spacial score (nSPS) is 10.4. The largest absolute Gasteiger partial charge is 0.361 e. The van der Waals surface area contributed by atoms with Crippen LogP contribution in [0.3, 0.4) is 0 Å². The van der Waals surface area contributed by atoms with Gasteiger partial charge < -0.3 is 15.6 Å². The van der Waals surface area contributed by atoms with Gasteiger partial charge in [-0.3, -0.25) is 4.79 Å². The van der Waals surface area contributed by atoms with E-state index in [1.54, 1.807) is 0 Å². The lowest BCUT2D eigenvalue weighted by Gasteiger charge is -2.05. The first-order valence-electron chi connectivity index (χ1n) is 7.19. The minimum Gasteiger partial charge on any atom is -0.361 e. The topological polar surface area (TPSA) is 56.9 Å². The van der Waals surface area contributed by atoms with Gasteiger partial charge in [-0.05, 0) is 50.6 Å². The summed E-state index contributed by atoms with van der Waals surface area (Å²) in [6.45, 7) is 3.70. The van der Waals surface area contributed by atoms with E-state index in [0.29, 0.717) is 13.0 Å². The predicted molar refractivity (Wildman–Crippen MR) is 90.2 cm³/mol. The Labute approximate surface area is 132 Å². The number of carbonyl (C=O) groups excluding carboxylic acids is 1. The highest BCUT2D eigenvalue weighted by Crippen LogP contribution is 2.22. The number of H-pyrrole nitrogens is 1. The summed E-state index contributed by atoms with van der Waals surface area (Å²) in [5, 5.41) is 7.32. The van der Waals surface area contributed by atoms with Gasteiger partial charge in [-0.2, -0.15) is 0 Å². The molecule has 2 aromatic rings. The molecule has 4 nitrogen and oxygen atoms in total. The van der Waals surface area contributed by atoms with E-state index < -0.39 is 0 Å². The Morgan fingerprint density at radius 1 is 1.29 bits per heavy atom. The van der Waals surface area contributed by atoms with Crippen LogP contribution < -0.4 is 10.6 Å². The average Bonchev–Trinajstić information content (AvgIpc) is 2.84. The number of aromatic nitrogens is 1. The average molecular weight is 310 g/mol. The maximum Gasteiger partial charge on any atom is 0.220 e. The van der Waals surface area contributed by atoms with Crippen LogP contribution in [0.1, 0.15) is 24.0 Å². The molecule has 2 rings (SSSR count). The van der Waals surface area contributed by atoms with Gasteiger partial charge in [-0.15, -0.1) is 12.4 Å². The SMILES string of the molecule is CNCCCC(=O)NCCc1c[nH]c2cccc(C)c12.Cl. The molecule has 0 aliphatic heterocycles. The highest BCUT2D eigenvalue weighted by atomic mass is 35.5. The molecule has 5 heteroatoms. The number of amides is 1. The van der Waals surface area contributed by atoms with Crippen LogP contribution >= 0.6 is 12.4 Å². The molecular weight excluding hydrogens is 286 g/mol. The predicted octanol–water partition coefficient (Wildman–Crippen LogP) is 2.56. The van der Waals surface area contributed by atoms with E-state index in [9.17, 15) is 4.79 Å². The standard InChI is InChI=1S/C16H23N3O.ClH/c1-12-5-3-6-14-16(12)13(11-19-14)8-10-18-15(20)7-4-9-17-2;/h3,5-6,11,17,19H,4,7-10H2,1-2H3,(H,18,20);1H. The van der Waals surface area contributed by atoms with Crippen molar-refractivity contribution in [1.82, 2.24) is 15.6 Å². The van der Waals surface area contributed by atoms with E-state index >= 15 is 0 Å². The van der Waals surface area contributed by atoms with Gasteiger partial charge in [-0.1, -0.05) is 12.1 Å². The second-order valence-electron chi connectivity index (χ2n) is 5.12. The van der Waals surface area contributed by atoms with Crippen molar-refractivity contribution in [2.75, 3.05) is 20.1 Å². The summed E-state index contributed by atoms with van der Waals surface area (Å²) in [6, 6.07) is 6.26. The third kappa shape index (κ3) is 4.76. The van der Waals surface area contributed by atoms with Crippen molar-refractivity contribution in [1.29, 1.82) is 0 Å². The lowest BCUT2D eigenvalue weighted by molar-refractivity contribution is -0.121. The first-order valence-corrected chi connectivity index (χ1v) is 7.19. The van der Waals surface area contributed by atoms with Gasteiger partial charge in [0.25, 0.3) is 0 Å². The monoisotopic (exact) mass is 309 g/mol. The van der Waals surface area contributed by atoms with Gasteiger partial charge in [0, 0.05) is 30.1 Å². The van der Waals surface area contributed by atoms with E-state index in [2.05, 4.69) is 40.7 Å². The van der Waals surface area contributed by atoms with Crippen molar-refractivity contribution < 1.29 is 4.79 Å². The zero-order valence-corrected chi connectivity index (χ0v) is 13.5. The van der Waals surface area contributed by atoms with Crippen LogP contribution in [-0.2, 0) is 11.2 Å². The number of aryl methyl sites for hydroxylation is 1. The maximum absolute atomic E-state index is 11.6. The Morgan fingerprint density at radius 2 is 2.10 bits per heavy atom. The van der Waals surface area contributed by atoms with E-state index in [1.807, 2.05) is 13.2 Å². The molecule has 0 aliphatic carbocycles. The van der Waals surface area contributed by atoms with Gasteiger partial charge in [0.1, 0.15) is 0 Å². The van der Waals surface area contributed by atoms with Gasteiger partial charge in [0.15, 0.2) is 0 Å². The molecule has 0 atom stereocenters. The highest BCUT2D eigenvalue weighted by Gasteiger charge is 2.06. The number of rotatable bonds is 7. The van der Waals surface area contributed by atoms with E-state index in [4.69, 9.17) is 0 Å². The fraction of sp³-hybridized carbons (Fsp3) is 0.438. The Balaban J connectivity index is 0.00000220. The van der Waals surface area contributed by atoms with Crippen molar-refractivity contribution in [3.05, 3.63) is 35.5 Å². The van der Waals surface area contributed by atoms with Crippen molar-refractivity contribution in [2.45, 2.75) is 26.2 Å². The van der Waals surface area contributed by atoms with Crippen LogP contribution in [0.4, 0.5) is 0 Å². The number of hydrogen-bond donors (Lipinski definition) is 3. The molecule has 0 saturated heterocycles. The molecule has 0 radical (unpaired) electrons. The lowest BCUT2D eigenvalue weighted by Crippen LogP contribution is -2.26. The third-order valence-corrected chi connectivity index (χ3v) is 3.54. The first kappa shape index (κ1) is 17.5. The van der Waals surface area contributed by atoms with Gasteiger partial charge in [0.05, 0.1) is 0 Å². The highest BCUT2D eigenvalue weighted by molar-refractivity contribution is 5.86. The second kappa shape index (κ2) is 8.70. The number of aromatic amines is 1. The summed E-state index contributed by atoms with van der Waals surface area (Å²) in [7, 11) is 1.90. The van der Waals surface area contributed by atoms with Gasteiger partial charge in [0.2, 0.25) is 5.91 Å². The summed E-state index contributed by atoms with van der Waals surface area (Å²) in [5.41, 5.74) is 3.72. The molecule has 0 unspecified atom stereocenters. The number of carbonyl (C=O) groups is 1. The minimum absolute atomic E-state index is 0. The van der Waals surface area contributed by atoms with E-state index in [0.717, 1.165) is 19.4 Å². The molecule has 0 saturated carbocycles. The molecule has 1 heterocycles. The molecule has 0 fully saturated rings. The molecule has 3 N–H and O–H groups in total. The zero-order valence-electron chi connectivity index (χ0n) is 12.7. The van der Waals surface area contributed by atoms with Crippen molar-refractivity contribution >= 4 is 29.2 Å². The van der Waals surface area contributed by atoms with Crippen molar-refractivity contribution in [3.63, 3.8) is 0 Å². The Morgan fingerprint density at radius 3 is 2.86 bits per heavy atom. The van der Waals surface area contributed by atoms with Crippen LogP contribution in [-0.4, -0.2) is 31.0 Å². The smallest absolute Gasteiger partial charge is 0.220 e.